The molecular formula is C25H40N2O6. The Bertz CT molecular complexity index is 812. The summed E-state index contributed by atoms with van der Waals surface area (Å²) < 4.78 is 22.4. The van der Waals surface area contributed by atoms with Crippen molar-refractivity contribution in [2.24, 2.45) is 17.6 Å². The van der Waals surface area contributed by atoms with Crippen molar-refractivity contribution < 1.29 is 28.5 Å². The molecule has 2 rings (SSSR count). The summed E-state index contributed by atoms with van der Waals surface area (Å²) >= 11 is 0. The van der Waals surface area contributed by atoms with Gasteiger partial charge >= 0.3 is 12.1 Å². The van der Waals surface area contributed by atoms with E-state index in [-0.39, 0.29) is 18.0 Å². The number of nitrogens with zero attached hydrogens (tertiary/aromatic N) is 1. The molecule has 0 spiro atoms. The fraction of sp³-hybridized carbons (Fsp3) is 0.680. The fourth-order valence-electron chi connectivity index (χ4n) is 3.81. The lowest BCUT2D eigenvalue weighted by atomic mass is 9.86. The first kappa shape index (κ1) is 26.8. The van der Waals surface area contributed by atoms with Gasteiger partial charge in [-0.1, -0.05) is 0 Å². The number of likely N-dealkylation sites (tertiary alicyclic amines) is 1. The van der Waals surface area contributed by atoms with Gasteiger partial charge in [-0.15, -0.1) is 0 Å². The zero-order valence-corrected chi connectivity index (χ0v) is 21.1. The van der Waals surface area contributed by atoms with Crippen LogP contribution in [0, 0.1) is 11.8 Å². The van der Waals surface area contributed by atoms with Crippen molar-refractivity contribution in [1.82, 2.24) is 4.90 Å². The molecule has 1 amide bonds. The Morgan fingerprint density at radius 3 is 2.27 bits per heavy atom. The van der Waals surface area contributed by atoms with E-state index in [0.29, 0.717) is 50.6 Å². The summed E-state index contributed by atoms with van der Waals surface area (Å²) in [6, 6.07) is 5.59. The van der Waals surface area contributed by atoms with Crippen LogP contribution in [0.5, 0.6) is 11.5 Å². The van der Waals surface area contributed by atoms with E-state index in [1.807, 2.05) is 53.7 Å². The molecule has 2 N–H and O–H groups in total. The second-order valence-corrected chi connectivity index (χ2v) is 10.5. The van der Waals surface area contributed by atoms with Crippen molar-refractivity contribution >= 4 is 12.1 Å². The molecule has 1 fully saturated rings. The van der Waals surface area contributed by atoms with Gasteiger partial charge in [0.25, 0.3) is 0 Å². The third kappa shape index (κ3) is 8.76. The summed E-state index contributed by atoms with van der Waals surface area (Å²) in [7, 11) is 1.59. The van der Waals surface area contributed by atoms with Crippen molar-refractivity contribution in [3.8, 4) is 11.5 Å². The van der Waals surface area contributed by atoms with E-state index in [2.05, 4.69) is 0 Å². The Morgan fingerprint density at radius 2 is 1.70 bits per heavy atom. The summed E-state index contributed by atoms with van der Waals surface area (Å²) in [5, 5.41) is 0. The summed E-state index contributed by atoms with van der Waals surface area (Å²) in [6.07, 6.45) is 0.786. The van der Waals surface area contributed by atoms with Crippen LogP contribution >= 0.6 is 0 Å². The standard InChI is InChI=1S/C25H40N2O6/c1-24(2,3)32-22(28)21(18-8-10-27(16-18)23(29)33-25(4,5)6)14-17-12-19(30-7)15-20(13-17)31-11-9-26/h12-13,15,18,21H,8-11,14,16,26H2,1-7H3/t18-,21-/m0/s1. The van der Waals surface area contributed by atoms with Crippen LogP contribution in [-0.2, 0) is 20.7 Å². The van der Waals surface area contributed by atoms with Crippen LogP contribution in [0.4, 0.5) is 4.79 Å². The van der Waals surface area contributed by atoms with Gasteiger partial charge in [-0.2, -0.15) is 0 Å². The van der Waals surface area contributed by atoms with Gasteiger partial charge in [-0.3, -0.25) is 4.79 Å². The van der Waals surface area contributed by atoms with Crippen LogP contribution < -0.4 is 15.2 Å². The minimum Gasteiger partial charge on any atom is -0.497 e. The van der Waals surface area contributed by atoms with Gasteiger partial charge in [-0.25, -0.2) is 4.79 Å². The number of hydrogen-bond acceptors (Lipinski definition) is 7. The van der Waals surface area contributed by atoms with Gasteiger partial charge in [0.05, 0.1) is 13.0 Å². The molecule has 0 radical (unpaired) electrons. The maximum atomic E-state index is 13.2. The zero-order chi connectivity index (χ0) is 24.8. The summed E-state index contributed by atoms with van der Waals surface area (Å²) in [6.45, 7) is 12.9. The molecule has 1 aliphatic heterocycles. The highest BCUT2D eigenvalue weighted by molar-refractivity contribution is 5.74. The van der Waals surface area contributed by atoms with Crippen molar-refractivity contribution in [3.05, 3.63) is 23.8 Å². The topological polar surface area (TPSA) is 100 Å². The van der Waals surface area contributed by atoms with E-state index in [0.717, 1.165) is 5.56 Å². The van der Waals surface area contributed by atoms with Crippen LogP contribution in [0.2, 0.25) is 0 Å². The minimum absolute atomic E-state index is 0.0491. The fourth-order valence-corrected chi connectivity index (χ4v) is 3.81. The van der Waals surface area contributed by atoms with Crippen LogP contribution in [0.15, 0.2) is 18.2 Å². The monoisotopic (exact) mass is 464 g/mol. The first-order valence-electron chi connectivity index (χ1n) is 11.5. The number of carbonyl (C=O) groups excluding carboxylic acids is 2. The number of rotatable bonds is 8. The van der Waals surface area contributed by atoms with Crippen LogP contribution in [0.3, 0.4) is 0 Å². The Labute approximate surface area is 197 Å². The second-order valence-electron chi connectivity index (χ2n) is 10.5. The van der Waals surface area contributed by atoms with Gasteiger partial charge in [-0.05, 0) is 78.0 Å². The van der Waals surface area contributed by atoms with Gasteiger partial charge < -0.3 is 29.6 Å². The number of carbonyl (C=O) groups is 2. The molecule has 1 aromatic rings. The Hall–Kier alpha value is -2.48. The van der Waals surface area contributed by atoms with Gasteiger partial charge in [0.15, 0.2) is 0 Å². The molecule has 186 valence electrons. The quantitative estimate of drug-likeness (QED) is 0.584. The molecule has 8 heteroatoms. The maximum Gasteiger partial charge on any atom is 0.410 e. The Balaban J connectivity index is 2.25. The van der Waals surface area contributed by atoms with Gasteiger partial charge in [0.1, 0.15) is 29.3 Å². The smallest absolute Gasteiger partial charge is 0.410 e. The summed E-state index contributed by atoms with van der Waals surface area (Å²) in [5.74, 6) is 0.535. The molecule has 0 saturated carbocycles. The van der Waals surface area contributed by atoms with E-state index in [1.54, 1.807) is 18.1 Å². The number of esters is 1. The average Bonchev–Trinajstić information content (AvgIpc) is 3.17. The molecule has 1 heterocycles. The number of hydrogen-bond donors (Lipinski definition) is 1. The van der Waals surface area contributed by atoms with Gasteiger partial charge in [0.2, 0.25) is 0 Å². The molecule has 0 bridgehead atoms. The average molecular weight is 465 g/mol. The predicted molar refractivity (Wildman–Crippen MR) is 126 cm³/mol. The van der Waals surface area contributed by atoms with Crippen LogP contribution in [-0.4, -0.2) is 61.5 Å². The lowest BCUT2D eigenvalue weighted by Crippen LogP contribution is -2.38. The molecule has 0 aliphatic carbocycles. The zero-order valence-electron chi connectivity index (χ0n) is 21.1. The minimum atomic E-state index is -0.609. The highest BCUT2D eigenvalue weighted by atomic mass is 16.6. The predicted octanol–water partition coefficient (Wildman–Crippen LogP) is 3.79. The highest BCUT2D eigenvalue weighted by Crippen LogP contribution is 2.32. The van der Waals surface area contributed by atoms with Crippen LogP contribution in [0.1, 0.15) is 53.5 Å². The van der Waals surface area contributed by atoms with E-state index >= 15 is 0 Å². The molecule has 33 heavy (non-hydrogen) atoms. The number of methoxy groups -OCH3 is 1. The first-order chi connectivity index (χ1) is 15.3. The first-order valence-corrected chi connectivity index (χ1v) is 11.5. The van der Waals surface area contributed by atoms with Crippen molar-refractivity contribution in [3.63, 3.8) is 0 Å². The molecule has 1 aromatic carbocycles. The number of benzene rings is 1. The number of amides is 1. The van der Waals surface area contributed by atoms with Gasteiger partial charge in [0, 0.05) is 25.7 Å². The summed E-state index contributed by atoms with van der Waals surface area (Å²) in [4.78, 5) is 27.5. The van der Waals surface area contributed by atoms with Crippen LogP contribution in [0.25, 0.3) is 0 Å². The van der Waals surface area contributed by atoms with E-state index < -0.39 is 17.1 Å². The summed E-state index contributed by atoms with van der Waals surface area (Å²) in [5.41, 5.74) is 5.28. The van der Waals surface area contributed by atoms with Crippen molar-refractivity contribution in [2.75, 3.05) is 33.4 Å². The Morgan fingerprint density at radius 1 is 1.06 bits per heavy atom. The highest BCUT2D eigenvalue weighted by Gasteiger charge is 2.39. The SMILES string of the molecule is COc1cc(C[C@H](C(=O)OC(C)(C)C)[C@H]2CCN(C(=O)OC(C)(C)C)C2)cc(OCCN)c1. The number of ether oxygens (including phenoxy) is 4. The molecule has 1 saturated heterocycles. The lowest BCUT2D eigenvalue weighted by molar-refractivity contribution is -0.161. The molecule has 1 aliphatic rings. The molecule has 8 nitrogen and oxygen atoms in total. The van der Waals surface area contributed by atoms with E-state index in [1.165, 1.54) is 0 Å². The Kier molecular flexibility index (Phi) is 9.00. The van der Waals surface area contributed by atoms with E-state index in [9.17, 15) is 9.59 Å². The molecule has 0 aromatic heterocycles. The second kappa shape index (κ2) is 11.1. The maximum absolute atomic E-state index is 13.2. The molecule has 2 atom stereocenters. The van der Waals surface area contributed by atoms with Crippen molar-refractivity contribution in [2.45, 2.75) is 65.6 Å². The third-order valence-corrected chi connectivity index (χ3v) is 5.17. The molecular weight excluding hydrogens is 424 g/mol. The third-order valence-electron chi connectivity index (χ3n) is 5.17. The molecule has 0 unspecified atom stereocenters. The normalized spacial score (nSPS) is 17.5. The lowest BCUT2D eigenvalue weighted by Gasteiger charge is -2.28. The van der Waals surface area contributed by atoms with E-state index in [4.69, 9.17) is 24.7 Å². The number of nitrogens with two attached hydrogens (primary N) is 1. The largest absolute Gasteiger partial charge is 0.497 e. The van der Waals surface area contributed by atoms with Crippen molar-refractivity contribution in [1.29, 1.82) is 0 Å².